The molecule has 0 saturated heterocycles. The van der Waals surface area contributed by atoms with Gasteiger partial charge in [0.2, 0.25) is 0 Å². The Balaban J connectivity index is 1.66. The van der Waals surface area contributed by atoms with E-state index in [1.54, 1.807) is 54.0 Å². The number of halogens is 1. The van der Waals surface area contributed by atoms with E-state index < -0.39 is 17.9 Å². The van der Waals surface area contributed by atoms with Crippen LogP contribution in [0.15, 0.2) is 94.3 Å². The Morgan fingerprint density at radius 1 is 1.03 bits per heavy atom. The summed E-state index contributed by atoms with van der Waals surface area (Å²) in [6, 6.07) is 21.0. The lowest BCUT2D eigenvalue weighted by atomic mass is 10.1. The molecule has 2 amide bonds. The zero-order valence-corrected chi connectivity index (χ0v) is 21.3. The second-order valence-corrected chi connectivity index (χ2v) is 9.19. The summed E-state index contributed by atoms with van der Waals surface area (Å²) in [7, 11) is 0. The quantitative estimate of drug-likeness (QED) is 0.282. The molecule has 38 heavy (non-hydrogen) atoms. The van der Waals surface area contributed by atoms with Crippen molar-refractivity contribution in [3.05, 3.63) is 124 Å². The predicted molar refractivity (Wildman–Crippen MR) is 145 cm³/mol. The van der Waals surface area contributed by atoms with Crippen LogP contribution in [-0.4, -0.2) is 20.5 Å². The number of carbonyl (C=O) groups excluding carboxylic acids is 1. The van der Waals surface area contributed by atoms with Gasteiger partial charge in [-0.05, 0) is 80.4 Å². The van der Waals surface area contributed by atoms with Crippen LogP contribution in [0.4, 0.5) is 14.9 Å². The minimum atomic E-state index is -0.703. The summed E-state index contributed by atoms with van der Waals surface area (Å²) >= 11 is 0. The van der Waals surface area contributed by atoms with Gasteiger partial charge in [0.05, 0.1) is 41.1 Å². The molecule has 7 nitrogen and oxygen atoms in total. The molecule has 1 N–H and O–H groups in total. The van der Waals surface area contributed by atoms with Gasteiger partial charge in [-0.1, -0.05) is 30.3 Å². The molecule has 192 valence electrons. The van der Waals surface area contributed by atoms with Gasteiger partial charge < -0.3 is 14.6 Å². The number of aromatic nitrogens is 2. The highest BCUT2D eigenvalue weighted by Gasteiger charge is 2.28. The lowest BCUT2D eigenvalue weighted by Gasteiger charge is -2.30. The first kappa shape index (κ1) is 25.0. The molecule has 0 fully saturated rings. The number of carbonyl (C=O) groups is 1. The largest absolute Gasteiger partial charge is 0.467 e. The molecule has 8 heteroatoms. The van der Waals surface area contributed by atoms with Crippen LogP contribution in [0.2, 0.25) is 0 Å². The van der Waals surface area contributed by atoms with Crippen LogP contribution in [0.1, 0.15) is 35.7 Å². The van der Waals surface area contributed by atoms with Crippen LogP contribution in [0, 0.1) is 19.7 Å². The van der Waals surface area contributed by atoms with E-state index in [0.29, 0.717) is 28.2 Å². The number of benzene rings is 3. The summed E-state index contributed by atoms with van der Waals surface area (Å²) in [4.78, 5) is 33.8. The second-order valence-electron chi connectivity index (χ2n) is 9.19. The van der Waals surface area contributed by atoms with Gasteiger partial charge in [0.1, 0.15) is 17.4 Å². The highest BCUT2D eigenvalue weighted by Crippen LogP contribution is 2.27. The molecule has 0 aliphatic rings. The molecule has 0 saturated carbocycles. The van der Waals surface area contributed by atoms with Crippen molar-refractivity contribution in [1.29, 1.82) is 0 Å². The Morgan fingerprint density at radius 3 is 2.53 bits per heavy atom. The number of fused-ring (bicyclic) bond motifs is 1. The van der Waals surface area contributed by atoms with E-state index in [4.69, 9.17) is 9.40 Å². The van der Waals surface area contributed by atoms with E-state index in [2.05, 4.69) is 5.32 Å². The van der Waals surface area contributed by atoms with E-state index in [1.165, 1.54) is 23.3 Å². The number of nitrogens with one attached hydrogen (secondary N) is 1. The second kappa shape index (κ2) is 10.3. The number of furan rings is 1. The number of aryl methyl sites for hydroxylation is 2. The van der Waals surface area contributed by atoms with Crippen molar-refractivity contribution < 1.29 is 13.6 Å². The molecule has 0 aliphatic carbocycles. The Kier molecular flexibility index (Phi) is 6.79. The van der Waals surface area contributed by atoms with Gasteiger partial charge in [0.25, 0.3) is 5.56 Å². The van der Waals surface area contributed by atoms with Gasteiger partial charge in [-0.15, -0.1) is 0 Å². The molecule has 0 bridgehead atoms. The summed E-state index contributed by atoms with van der Waals surface area (Å²) in [5.41, 5.74) is 3.08. The van der Waals surface area contributed by atoms with Crippen molar-refractivity contribution in [1.82, 2.24) is 14.5 Å². The highest BCUT2D eigenvalue weighted by atomic mass is 19.1. The number of para-hydroxylation sites is 2. The molecule has 2 heterocycles. The summed E-state index contributed by atoms with van der Waals surface area (Å²) in [6.07, 6.45) is 1.52. The molecule has 3 aromatic carbocycles. The van der Waals surface area contributed by atoms with Gasteiger partial charge in [0, 0.05) is 0 Å². The van der Waals surface area contributed by atoms with Crippen LogP contribution in [0.5, 0.6) is 0 Å². The molecular weight excluding hydrogens is 483 g/mol. The van der Waals surface area contributed by atoms with E-state index >= 15 is 0 Å². The number of amides is 2. The average Bonchev–Trinajstić information content (AvgIpc) is 3.43. The molecule has 5 aromatic rings. The number of hydrogen-bond acceptors (Lipinski definition) is 4. The number of nitrogens with zero attached hydrogens (tertiary/aromatic N) is 3. The van der Waals surface area contributed by atoms with Gasteiger partial charge >= 0.3 is 6.03 Å². The summed E-state index contributed by atoms with van der Waals surface area (Å²) < 4.78 is 21.5. The van der Waals surface area contributed by atoms with Crippen molar-refractivity contribution in [2.24, 2.45) is 0 Å². The number of rotatable bonds is 6. The topological polar surface area (TPSA) is 80.4 Å². The maximum absolute atomic E-state index is 14.4. The minimum absolute atomic E-state index is 0.0483. The maximum atomic E-state index is 14.4. The molecule has 0 aliphatic heterocycles. The summed E-state index contributed by atoms with van der Waals surface area (Å²) in [6.45, 7) is 5.84. The zero-order chi connectivity index (χ0) is 26.8. The normalized spacial score (nSPS) is 11.9. The Hall–Kier alpha value is -4.72. The van der Waals surface area contributed by atoms with E-state index in [0.717, 1.165) is 11.1 Å². The fourth-order valence-corrected chi connectivity index (χ4v) is 4.39. The Bertz CT molecular complexity index is 1680. The monoisotopic (exact) mass is 510 g/mol. The SMILES string of the molecule is Cc1ccc(-n2c(C(C)N(Cc3ccco3)C(=O)Nc3ccccc3F)nc3ccccc3c2=O)cc1C. The first-order chi connectivity index (χ1) is 18.3. The van der Waals surface area contributed by atoms with Crippen molar-refractivity contribution >= 4 is 22.6 Å². The standard InChI is InChI=1S/C30H27FN4O3/c1-19-14-15-22(17-20(19)2)35-28(32-26-12-6-4-10-24(26)29(35)36)21(3)34(18-23-9-8-16-38-23)30(37)33-27-13-7-5-11-25(27)31/h4-17,21H,18H2,1-3H3,(H,33,37). The van der Waals surface area contributed by atoms with Crippen LogP contribution in [0.3, 0.4) is 0 Å². The molecule has 2 aromatic heterocycles. The number of urea groups is 1. The van der Waals surface area contributed by atoms with E-state index in [1.807, 2.05) is 38.1 Å². The van der Waals surface area contributed by atoms with Gasteiger partial charge in [-0.25, -0.2) is 14.2 Å². The third-order valence-corrected chi connectivity index (χ3v) is 6.67. The predicted octanol–water partition coefficient (Wildman–Crippen LogP) is 6.53. The molecule has 1 atom stereocenters. The first-order valence-corrected chi connectivity index (χ1v) is 12.3. The molecule has 0 spiro atoms. The third-order valence-electron chi connectivity index (χ3n) is 6.67. The van der Waals surface area contributed by atoms with Crippen LogP contribution >= 0.6 is 0 Å². The molecule has 1 unspecified atom stereocenters. The van der Waals surface area contributed by atoms with Crippen molar-refractivity contribution in [2.45, 2.75) is 33.4 Å². The number of hydrogen-bond donors (Lipinski definition) is 1. The van der Waals surface area contributed by atoms with Crippen LogP contribution in [-0.2, 0) is 6.54 Å². The van der Waals surface area contributed by atoms with Crippen molar-refractivity contribution in [3.8, 4) is 5.69 Å². The minimum Gasteiger partial charge on any atom is -0.467 e. The van der Waals surface area contributed by atoms with Gasteiger partial charge in [-0.3, -0.25) is 9.36 Å². The van der Waals surface area contributed by atoms with Crippen LogP contribution < -0.4 is 10.9 Å². The molecular formula is C30H27FN4O3. The Labute approximate surface area is 219 Å². The van der Waals surface area contributed by atoms with Gasteiger partial charge in [-0.2, -0.15) is 0 Å². The highest BCUT2D eigenvalue weighted by molar-refractivity contribution is 5.89. The summed E-state index contributed by atoms with van der Waals surface area (Å²) in [5.74, 6) is 0.343. The first-order valence-electron chi connectivity index (χ1n) is 12.3. The van der Waals surface area contributed by atoms with Crippen molar-refractivity contribution in [3.63, 3.8) is 0 Å². The van der Waals surface area contributed by atoms with E-state index in [9.17, 15) is 14.0 Å². The molecule has 0 radical (unpaired) electrons. The average molecular weight is 511 g/mol. The number of anilines is 1. The van der Waals surface area contributed by atoms with Gasteiger partial charge in [0.15, 0.2) is 0 Å². The lowest BCUT2D eigenvalue weighted by molar-refractivity contribution is 0.179. The lowest BCUT2D eigenvalue weighted by Crippen LogP contribution is -2.39. The fraction of sp³-hybridized carbons (Fsp3) is 0.167. The fourth-order valence-electron chi connectivity index (χ4n) is 4.39. The van der Waals surface area contributed by atoms with Crippen molar-refractivity contribution in [2.75, 3.05) is 5.32 Å². The summed E-state index contributed by atoms with van der Waals surface area (Å²) in [5, 5.41) is 3.12. The smallest absolute Gasteiger partial charge is 0.322 e. The molecule has 5 rings (SSSR count). The zero-order valence-electron chi connectivity index (χ0n) is 21.3. The van der Waals surface area contributed by atoms with E-state index in [-0.39, 0.29) is 17.8 Å². The third kappa shape index (κ3) is 4.80. The Morgan fingerprint density at radius 2 is 1.79 bits per heavy atom. The van der Waals surface area contributed by atoms with Crippen LogP contribution in [0.25, 0.3) is 16.6 Å². The maximum Gasteiger partial charge on any atom is 0.322 e.